The maximum Gasteiger partial charge on any atom is 0.0721 e. The van der Waals surface area contributed by atoms with Crippen molar-refractivity contribution in [2.24, 2.45) is 9.98 Å². The molecule has 0 spiro atoms. The highest BCUT2D eigenvalue weighted by atomic mass is 14.8. The van der Waals surface area contributed by atoms with Crippen LogP contribution in [0, 0.1) is 0 Å². The van der Waals surface area contributed by atoms with E-state index >= 15 is 0 Å². The summed E-state index contributed by atoms with van der Waals surface area (Å²) in [6.07, 6.45) is 3.88. The predicted octanol–water partition coefficient (Wildman–Crippen LogP) is 6.05. The Labute approximate surface area is 156 Å². The van der Waals surface area contributed by atoms with Crippen LogP contribution in [0.25, 0.3) is 0 Å². The van der Waals surface area contributed by atoms with Gasteiger partial charge in [-0.2, -0.15) is 0 Å². The number of aliphatic imine (C=N–C) groups is 2. The number of rotatable bonds is 6. The van der Waals surface area contributed by atoms with E-state index in [1.807, 2.05) is 54.9 Å². The Morgan fingerprint density at radius 2 is 1.00 bits per heavy atom. The first-order chi connectivity index (χ1) is 12.7. The zero-order valence-corrected chi connectivity index (χ0v) is 15.3. The van der Waals surface area contributed by atoms with Crippen molar-refractivity contribution in [2.75, 3.05) is 0 Å². The standard InChI is InChI=1S/C24H24N2/c1-19(23-12-5-3-6-13-23)25-17-21-10-9-11-22(16-21)18-26-20(2)24-14-7-4-8-15-24/h3-20H,1-2H3/t19-,20-/m0/s1. The lowest BCUT2D eigenvalue weighted by Crippen LogP contribution is -1.93. The van der Waals surface area contributed by atoms with Gasteiger partial charge in [-0.15, -0.1) is 0 Å². The molecule has 3 aromatic rings. The monoisotopic (exact) mass is 340 g/mol. The summed E-state index contributed by atoms with van der Waals surface area (Å²) in [4.78, 5) is 9.36. The Kier molecular flexibility index (Phi) is 6.10. The Hall–Kier alpha value is -3.00. The molecule has 3 aromatic carbocycles. The molecule has 0 saturated heterocycles. The molecule has 0 N–H and O–H groups in total. The van der Waals surface area contributed by atoms with Crippen LogP contribution in [-0.2, 0) is 0 Å². The third-order valence-electron chi connectivity index (χ3n) is 4.37. The van der Waals surface area contributed by atoms with E-state index in [1.165, 1.54) is 11.1 Å². The van der Waals surface area contributed by atoms with Gasteiger partial charge in [-0.25, -0.2) is 0 Å². The van der Waals surface area contributed by atoms with Crippen LogP contribution < -0.4 is 0 Å². The van der Waals surface area contributed by atoms with Crippen molar-refractivity contribution < 1.29 is 0 Å². The van der Waals surface area contributed by atoms with Crippen molar-refractivity contribution in [2.45, 2.75) is 25.9 Å². The smallest absolute Gasteiger partial charge is 0.0721 e. The minimum Gasteiger partial charge on any atom is -0.285 e. The average Bonchev–Trinajstić information content (AvgIpc) is 2.72. The summed E-state index contributed by atoms with van der Waals surface area (Å²) >= 11 is 0. The second-order valence-corrected chi connectivity index (χ2v) is 6.40. The van der Waals surface area contributed by atoms with Crippen molar-refractivity contribution in [3.63, 3.8) is 0 Å². The summed E-state index contributed by atoms with van der Waals surface area (Å²) in [5.41, 5.74) is 4.62. The summed E-state index contributed by atoms with van der Waals surface area (Å²) in [5, 5.41) is 0. The Morgan fingerprint density at radius 1 is 0.577 bits per heavy atom. The molecule has 0 heterocycles. The number of hydrogen-bond acceptors (Lipinski definition) is 2. The van der Waals surface area contributed by atoms with Crippen LogP contribution in [0.3, 0.4) is 0 Å². The van der Waals surface area contributed by atoms with Crippen LogP contribution in [0.1, 0.15) is 48.2 Å². The highest BCUT2D eigenvalue weighted by molar-refractivity contribution is 5.86. The van der Waals surface area contributed by atoms with Gasteiger partial charge < -0.3 is 0 Å². The van der Waals surface area contributed by atoms with Gasteiger partial charge in [-0.1, -0.05) is 78.9 Å². The molecule has 0 radical (unpaired) electrons. The van der Waals surface area contributed by atoms with Crippen molar-refractivity contribution in [3.8, 4) is 0 Å². The van der Waals surface area contributed by atoms with E-state index in [0.29, 0.717) is 0 Å². The first-order valence-electron chi connectivity index (χ1n) is 8.98. The second-order valence-electron chi connectivity index (χ2n) is 6.40. The highest BCUT2D eigenvalue weighted by Gasteiger charge is 2.02. The fraction of sp³-hybridized carbons (Fsp3) is 0.167. The third-order valence-corrected chi connectivity index (χ3v) is 4.37. The zero-order chi connectivity index (χ0) is 18.2. The number of nitrogens with zero attached hydrogens (tertiary/aromatic N) is 2. The molecule has 0 aliphatic carbocycles. The molecule has 130 valence electrons. The summed E-state index contributed by atoms with van der Waals surface area (Å²) < 4.78 is 0. The maximum atomic E-state index is 4.68. The summed E-state index contributed by atoms with van der Waals surface area (Å²) in [7, 11) is 0. The van der Waals surface area contributed by atoms with Crippen LogP contribution in [0.2, 0.25) is 0 Å². The first kappa shape index (κ1) is 17.8. The second kappa shape index (κ2) is 8.91. The molecule has 0 amide bonds. The van der Waals surface area contributed by atoms with Crippen LogP contribution in [0.15, 0.2) is 94.9 Å². The van der Waals surface area contributed by atoms with Crippen molar-refractivity contribution in [1.82, 2.24) is 0 Å². The van der Waals surface area contributed by atoms with Crippen molar-refractivity contribution in [3.05, 3.63) is 107 Å². The molecular weight excluding hydrogens is 316 g/mol. The number of benzene rings is 3. The summed E-state index contributed by atoms with van der Waals surface area (Å²) in [6.45, 7) is 4.22. The fourth-order valence-electron chi connectivity index (χ4n) is 2.75. The molecule has 0 unspecified atom stereocenters. The summed E-state index contributed by atoms with van der Waals surface area (Å²) in [6, 6.07) is 29.3. The molecule has 0 bridgehead atoms. The predicted molar refractivity (Wildman–Crippen MR) is 111 cm³/mol. The van der Waals surface area contributed by atoms with Gasteiger partial charge in [0.15, 0.2) is 0 Å². The largest absolute Gasteiger partial charge is 0.285 e. The van der Waals surface area contributed by atoms with Gasteiger partial charge in [0.1, 0.15) is 0 Å². The van der Waals surface area contributed by atoms with E-state index in [0.717, 1.165) is 11.1 Å². The van der Waals surface area contributed by atoms with E-state index < -0.39 is 0 Å². The lowest BCUT2D eigenvalue weighted by molar-refractivity contribution is 0.825. The van der Waals surface area contributed by atoms with Gasteiger partial charge in [0, 0.05) is 12.4 Å². The molecule has 2 nitrogen and oxygen atoms in total. The Morgan fingerprint density at radius 3 is 1.42 bits per heavy atom. The van der Waals surface area contributed by atoms with Crippen molar-refractivity contribution in [1.29, 1.82) is 0 Å². The first-order valence-corrected chi connectivity index (χ1v) is 8.98. The van der Waals surface area contributed by atoms with Gasteiger partial charge in [0.25, 0.3) is 0 Å². The molecule has 26 heavy (non-hydrogen) atoms. The van der Waals surface area contributed by atoms with Crippen LogP contribution >= 0.6 is 0 Å². The average molecular weight is 340 g/mol. The molecule has 2 atom stereocenters. The Bertz CT molecular complexity index is 796. The van der Waals surface area contributed by atoms with Gasteiger partial charge >= 0.3 is 0 Å². The SMILES string of the molecule is C[C@H](N=Cc1cccc(C=N[C@@H](C)c2ccccc2)c1)c1ccccc1. The Balaban J connectivity index is 1.68. The fourth-order valence-corrected chi connectivity index (χ4v) is 2.75. The van der Waals surface area contributed by atoms with E-state index in [2.05, 4.69) is 66.3 Å². The molecule has 0 aliphatic rings. The normalized spacial score (nSPS) is 13.9. The van der Waals surface area contributed by atoms with Crippen LogP contribution in [-0.4, -0.2) is 12.4 Å². The highest BCUT2D eigenvalue weighted by Crippen LogP contribution is 2.17. The molecular formula is C24H24N2. The topological polar surface area (TPSA) is 24.7 Å². The zero-order valence-electron chi connectivity index (χ0n) is 15.3. The van der Waals surface area contributed by atoms with Crippen LogP contribution in [0.5, 0.6) is 0 Å². The maximum absolute atomic E-state index is 4.68. The molecule has 0 aliphatic heterocycles. The van der Waals surface area contributed by atoms with E-state index in [9.17, 15) is 0 Å². The minimum atomic E-state index is 0.145. The quantitative estimate of drug-likeness (QED) is 0.488. The minimum absolute atomic E-state index is 0.145. The van der Waals surface area contributed by atoms with Crippen LogP contribution in [0.4, 0.5) is 0 Å². The molecule has 0 saturated carbocycles. The van der Waals surface area contributed by atoms with E-state index in [1.54, 1.807) is 0 Å². The summed E-state index contributed by atoms with van der Waals surface area (Å²) in [5.74, 6) is 0. The van der Waals surface area contributed by atoms with Gasteiger partial charge in [0.2, 0.25) is 0 Å². The van der Waals surface area contributed by atoms with Crippen molar-refractivity contribution >= 4 is 12.4 Å². The number of hydrogen-bond donors (Lipinski definition) is 0. The molecule has 0 fully saturated rings. The third kappa shape index (κ3) is 5.00. The van der Waals surface area contributed by atoms with Gasteiger partial charge in [-0.05, 0) is 42.2 Å². The van der Waals surface area contributed by atoms with E-state index in [-0.39, 0.29) is 12.1 Å². The lowest BCUT2D eigenvalue weighted by Gasteiger charge is -2.06. The van der Waals surface area contributed by atoms with E-state index in [4.69, 9.17) is 0 Å². The van der Waals surface area contributed by atoms with Gasteiger partial charge in [0.05, 0.1) is 12.1 Å². The molecule has 2 heteroatoms. The molecule has 0 aromatic heterocycles. The lowest BCUT2D eigenvalue weighted by atomic mass is 10.1. The molecule has 3 rings (SSSR count). The van der Waals surface area contributed by atoms with Gasteiger partial charge in [-0.3, -0.25) is 9.98 Å².